The first-order chi connectivity index (χ1) is 9.13. The Hall–Kier alpha value is -1.92. The van der Waals surface area contributed by atoms with E-state index in [1.54, 1.807) is 28.8 Å². The SMILES string of the molecule is Br.O=[N+]([O-])c1ccc2nc(-c3ccc(Cl)cc3)cn2c1. The normalized spacial score (nSPS) is 10.2. The molecule has 20 heavy (non-hydrogen) atoms. The Morgan fingerprint density at radius 3 is 2.45 bits per heavy atom. The minimum atomic E-state index is -0.429. The number of imidazole rings is 1. The molecule has 0 amide bonds. The maximum atomic E-state index is 10.7. The zero-order chi connectivity index (χ0) is 13.4. The number of nitro groups is 1. The van der Waals surface area contributed by atoms with E-state index in [9.17, 15) is 10.1 Å². The standard InChI is InChI=1S/C13H8ClN3O2.BrH/c14-10-3-1-9(2-4-10)12-8-16-7-11(17(18)19)5-6-13(16)15-12;/h1-8H;1H. The maximum absolute atomic E-state index is 10.7. The largest absolute Gasteiger partial charge is 0.300 e. The van der Waals surface area contributed by atoms with Gasteiger partial charge < -0.3 is 0 Å². The number of aromatic nitrogens is 2. The van der Waals surface area contributed by atoms with Gasteiger partial charge >= 0.3 is 0 Å². The molecule has 0 fully saturated rings. The number of rotatable bonds is 2. The molecule has 5 nitrogen and oxygen atoms in total. The first-order valence-corrected chi connectivity index (χ1v) is 5.90. The van der Waals surface area contributed by atoms with Crippen LogP contribution in [0.3, 0.4) is 0 Å². The fourth-order valence-electron chi connectivity index (χ4n) is 1.85. The summed E-state index contributed by atoms with van der Waals surface area (Å²) in [6.07, 6.45) is 3.20. The number of benzene rings is 1. The van der Waals surface area contributed by atoms with Gasteiger partial charge in [0.25, 0.3) is 5.69 Å². The topological polar surface area (TPSA) is 60.4 Å². The molecule has 0 atom stereocenters. The summed E-state index contributed by atoms with van der Waals surface area (Å²) in [6.45, 7) is 0. The average Bonchev–Trinajstić information content (AvgIpc) is 2.82. The molecule has 0 bridgehead atoms. The Kier molecular flexibility index (Phi) is 4.06. The summed E-state index contributed by atoms with van der Waals surface area (Å²) in [7, 11) is 0. The summed E-state index contributed by atoms with van der Waals surface area (Å²) in [5.41, 5.74) is 2.36. The van der Waals surface area contributed by atoms with Crippen LogP contribution in [-0.4, -0.2) is 14.3 Å². The lowest BCUT2D eigenvalue weighted by molar-refractivity contribution is -0.385. The van der Waals surface area contributed by atoms with Crippen LogP contribution < -0.4 is 0 Å². The number of pyridine rings is 1. The van der Waals surface area contributed by atoms with E-state index < -0.39 is 4.92 Å². The van der Waals surface area contributed by atoms with Crippen LogP contribution in [0.25, 0.3) is 16.9 Å². The maximum Gasteiger partial charge on any atom is 0.286 e. The summed E-state index contributed by atoms with van der Waals surface area (Å²) in [6, 6.07) is 10.3. The van der Waals surface area contributed by atoms with Crippen molar-refractivity contribution < 1.29 is 4.92 Å². The number of fused-ring (bicyclic) bond motifs is 1. The highest BCUT2D eigenvalue weighted by molar-refractivity contribution is 8.93. The van der Waals surface area contributed by atoms with E-state index >= 15 is 0 Å². The minimum absolute atomic E-state index is 0. The van der Waals surface area contributed by atoms with E-state index in [1.165, 1.54) is 12.3 Å². The van der Waals surface area contributed by atoms with Crippen LogP contribution in [0, 0.1) is 10.1 Å². The van der Waals surface area contributed by atoms with Gasteiger partial charge in [-0.2, -0.15) is 0 Å². The van der Waals surface area contributed by atoms with E-state index in [0.717, 1.165) is 11.3 Å². The molecule has 3 rings (SSSR count). The molecular weight excluding hydrogens is 346 g/mol. The highest BCUT2D eigenvalue weighted by Gasteiger charge is 2.09. The lowest BCUT2D eigenvalue weighted by Crippen LogP contribution is -1.90. The second-order valence-corrected chi connectivity index (χ2v) is 4.48. The molecule has 7 heteroatoms. The lowest BCUT2D eigenvalue weighted by atomic mass is 10.2. The molecule has 3 aromatic rings. The van der Waals surface area contributed by atoms with Crippen molar-refractivity contribution in [3.8, 4) is 11.3 Å². The quantitative estimate of drug-likeness (QED) is 0.513. The van der Waals surface area contributed by atoms with Crippen molar-refractivity contribution >= 4 is 39.9 Å². The molecule has 0 saturated carbocycles. The van der Waals surface area contributed by atoms with Crippen molar-refractivity contribution in [3.05, 3.63) is 63.9 Å². The van der Waals surface area contributed by atoms with Crippen molar-refractivity contribution in [1.29, 1.82) is 0 Å². The van der Waals surface area contributed by atoms with Gasteiger partial charge in [0.05, 0.1) is 16.8 Å². The molecule has 102 valence electrons. The van der Waals surface area contributed by atoms with Crippen LogP contribution in [0.1, 0.15) is 0 Å². The number of nitrogens with zero attached hydrogens (tertiary/aromatic N) is 3. The van der Waals surface area contributed by atoms with Crippen molar-refractivity contribution in [2.75, 3.05) is 0 Å². The molecule has 0 aliphatic carbocycles. The summed E-state index contributed by atoms with van der Waals surface area (Å²) < 4.78 is 1.64. The summed E-state index contributed by atoms with van der Waals surface area (Å²) >= 11 is 5.83. The smallest absolute Gasteiger partial charge is 0.286 e. The molecule has 0 N–H and O–H groups in total. The van der Waals surface area contributed by atoms with Crippen LogP contribution >= 0.6 is 28.6 Å². The van der Waals surface area contributed by atoms with Crippen LogP contribution in [-0.2, 0) is 0 Å². The number of halogens is 2. The molecule has 0 spiro atoms. The van der Waals surface area contributed by atoms with Gasteiger partial charge in [-0.05, 0) is 18.2 Å². The fraction of sp³-hybridized carbons (Fsp3) is 0. The van der Waals surface area contributed by atoms with Crippen LogP contribution in [0.4, 0.5) is 5.69 Å². The summed E-state index contributed by atoms with van der Waals surface area (Å²) in [5, 5.41) is 11.4. The highest BCUT2D eigenvalue weighted by atomic mass is 79.9. The molecule has 0 radical (unpaired) electrons. The van der Waals surface area contributed by atoms with Crippen molar-refractivity contribution in [3.63, 3.8) is 0 Å². The van der Waals surface area contributed by atoms with Crippen molar-refractivity contribution in [2.45, 2.75) is 0 Å². The molecule has 0 aliphatic rings. The van der Waals surface area contributed by atoms with Crippen molar-refractivity contribution in [2.24, 2.45) is 0 Å². The van der Waals surface area contributed by atoms with Gasteiger partial charge in [-0.15, -0.1) is 17.0 Å². The Bertz CT molecular complexity index is 771. The number of hydrogen-bond donors (Lipinski definition) is 0. The monoisotopic (exact) mass is 353 g/mol. The van der Waals surface area contributed by atoms with Gasteiger partial charge in [-0.1, -0.05) is 23.7 Å². The van der Waals surface area contributed by atoms with Crippen LogP contribution in [0.5, 0.6) is 0 Å². The number of hydrogen-bond acceptors (Lipinski definition) is 3. The Morgan fingerprint density at radius 1 is 1.10 bits per heavy atom. The first kappa shape index (κ1) is 14.5. The zero-order valence-electron chi connectivity index (χ0n) is 10.1. The minimum Gasteiger partial charge on any atom is -0.300 e. The second kappa shape index (κ2) is 5.60. The molecule has 0 unspecified atom stereocenters. The van der Waals surface area contributed by atoms with Crippen LogP contribution in [0.15, 0.2) is 48.8 Å². The molecule has 0 saturated heterocycles. The van der Waals surface area contributed by atoms with Gasteiger partial charge in [0.1, 0.15) is 5.65 Å². The van der Waals surface area contributed by atoms with Crippen molar-refractivity contribution in [1.82, 2.24) is 9.38 Å². The van der Waals surface area contributed by atoms with E-state index in [0.29, 0.717) is 10.7 Å². The van der Waals surface area contributed by atoms with Gasteiger partial charge in [0, 0.05) is 22.8 Å². The van der Waals surface area contributed by atoms with E-state index in [-0.39, 0.29) is 22.7 Å². The van der Waals surface area contributed by atoms with E-state index in [2.05, 4.69) is 4.98 Å². The van der Waals surface area contributed by atoms with Gasteiger partial charge in [-0.25, -0.2) is 4.98 Å². The molecule has 0 aliphatic heterocycles. The molecule has 1 aromatic carbocycles. The predicted molar refractivity (Wildman–Crippen MR) is 82.6 cm³/mol. The first-order valence-electron chi connectivity index (χ1n) is 5.52. The van der Waals surface area contributed by atoms with E-state index in [4.69, 9.17) is 11.6 Å². The Balaban J connectivity index is 0.00000147. The lowest BCUT2D eigenvalue weighted by Gasteiger charge is -1.95. The third kappa shape index (κ3) is 2.66. The second-order valence-electron chi connectivity index (χ2n) is 4.04. The third-order valence-electron chi connectivity index (χ3n) is 2.79. The molecule has 2 heterocycles. The predicted octanol–water partition coefficient (Wildman–Crippen LogP) is 4.14. The third-order valence-corrected chi connectivity index (χ3v) is 3.04. The summed E-state index contributed by atoms with van der Waals surface area (Å²) in [4.78, 5) is 14.7. The van der Waals surface area contributed by atoms with E-state index in [1.807, 2.05) is 12.1 Å². The molecule has 2 aromatic heterocycles. The Morgan fingerprint density at radius 2 is 1.80 bits per heavy atom. The Labute approximate surface area is 129 Å². The fourth-order valence-corrected chi connectivity index (χ4v) is 1.97. The van der Waals surface area contributed by atoms with Gasteiger partial charge in [-0.3, -0.25) is 14.5 Å². The van der Waals surface area contributed by atoms with Gasteiger partial charge in [0.15, 0.2) is 0 Å². The zero-order valence-corrected chi connectivity index (χ0v) is 12.5. The van der Waals surface area contributed by atoms with Crippen LogP contribution in [0.2, 0.25) is 5.02 Å². The highest BCUT2D eigenvalue weighted by Crippen LogP contribution is 2.22. The average molecular weight is 355 g/mol. The molecular formula is C13H9BrClN3O2. The van der Waals surface area contributed by atoms with Gasteiger partial charge in [0.2, 0.25) is 0 Å². The summed E-state index contributed by atoms with van der Waals surface area (Å²) in [5.74, 6) is 0.